The molecular weight excluding hydrogens is 366 g/mol. The second kappa shape index (κ2) is 5.27. The maximum absolute atomic E-state index is 13.8. The summed E-state index contributed by atoms with van der Waals surface area (Å²) in [7, 11) is -4.14. The molecule has 0 heterocycles. The van der Waals surface area contributed by atoms with E-state index in [2.05, 4.69) is 15.9 Å². The van der Waals surface area contributed by atoms with Gasteiger partial charge >= 0.3 is 6.18 Å². The van der Waals surface area contributed by atoms with Crippen molar-refractivity contribution < 1.29 is 26.0 Å². The predicted octanol–water partition coefficient (Wildman–Crippen LogP) is 3.22. The maximum atomic E-state index is 13.8. The molecule has 0 aliphatic carbocycles. The molecule has 1 aromatic carbocycles. The Labute approximate surface area is 122 Å². The molecule has 1 rings (SSSR count). The normalized spacial score (nSPS) is 13.6. The molecule has 0 saturated carbocycles. The summed E-state index contributed by atoms with van der Waals surface area (Å²) in [5, 5.41) is 4.96. The second-order valence-corrected chi connectivity index (χ2v) is 8.00. The highest BCUT2D eigenvalue weighted by molar-refractivity contribution is 9.10. The molecule has 0 fully saturated rings. The highest BCUT2D eigenvalue weighted by atomic mass is 79.9. The minimum atomic E-state index is -4.80. The number of hydrogen-bond acceptors (Lipinski definition) is 2. The molecule has 9 heteroatoms. The standard InChI is InChI=1S/C11H12BrF4NO2S/c1-10(2,20(17,18)19)5-7-8(11(14,15)16)3-6(12)4-9(7)13/h3-4H,5H2,1-2H3,(H2,17,18,19). The maximum Gasteiger partial charge on any atom is 0.416 e. The molecule has 0 unspecified atom stereocenters. The third-order valence-corrected chi connectivity index (χ3v) is 4.98. The molecule has 3 nitrogen and oxygen atoms in total. The van der Waals surface area contributed by atoms with Crippen molar-refractivity contribution in [3.8, 4) is 0 Å². The van der Waals surface area contributed by atoms with E-state index in [4.69, 9.17) is 5.14 Å². The largest absolute Gasteiger partial charge is 0.416 e. The van der Waals surface area contributed by atoms with Gasteiger partial charge in [0.25, 0.3) is 0 Å². The highest BCUT2D eigenvalue weighted by Gasteiger charge is 2.39. The molecule has 0 saturated heterocycles. The van der Waals surface area contributed by atoms with Gasteiger partial charge < -0.3 is 0 Å². The predicted molar refractivity (Wildman–Crippen MR) is 70.0 cm³/mol. The first-order valence-electron chi connectivity index (χ1n) is 5.33. The van der Waals surface area contributed by atoms with Crippen molar-refractivity contribution in [1.82, 2.24) is 0 Å². The molecule has 0 atom stereocenters. The van der Waals surface area contributed by atoms with Crippen molar-refractivity contribution >= 4 is 26.0 Å². The van der Waals surface area contributed by atoms with Crippen molar-refractivity contribution in [2.45, 2.75) is 31.2 Å². The van der Waals surface area contributed by atoms with Gasteiger partial charge in [0.05, 0.1) is 10.3 Å². The van der Waals surface area contributed by atoms with Crippen LogP contribution in [0.5, 0.6) is 0 Å². The van der Waals surface area contributed by atoms with Crippen LogP contribution in [-0.4, -0.2) is 13.2 Å². The summed E-state index contributed by atoms with van der Waals surface area (Å²) in [4.78, 5) is 0. The molecule has 1 aromatic rings. The molecule has 20 heavy (non-hydrogen) atoms. The van der Waals surface area contributed by atoms with Crippen LogP contribution in [0.15, 0.2) is 16.6 Å². The minimum Gasteiger partial charge on any atom is -0.228 e. The molecule has 0 aromatic heterocycles. The Hall–Kier alpha value is -0.670. The average Bonchev–Trinajstić information content (AvgIpc) is 2.18. The first-order valence-corrected chi connectivity index (χ1v) is 7.67. The molecule has 0 radical (unpaired) electrons. The molecule has 2 N–H and O–H groups in total. The fourth-order valence-electron chi connectivity index (χ4n) is 1.56. The van der Waals surface area contributed by atoms with Crippen molar-refractivity contribution in [3.63, 3.8) is 0 Å². The van der Waals surface area contributed by atoms with Crippen LogP contribution in [-0.2, 0) is 22.6 Å². The Bertz CT molecular complexity index is 626. The van der Waals surface area contributed by atoms with E-state index in [0.717, 1.165) is 19.9 Å². The number of primary sulfonamides is 1. The topological polar surface area (TPSA) is 60.2 Å². The summed E-state index contributed by atoms with van der Waals surface area (Å²) in [6.07, 6.45) is -5.48. The quantitative estimate of drug-likeness (QED) is 0.822. The lowest BCUT2D eigenvalue weighted by molar-refractivity contribution is -0.138. The molecule has 0 amide bonds. The molecule has 0 aliphatic heterocycles. The van der Waals surface area contributed by atoms with Crippen LogP contribution in [0.2, 0.25) is 0 Å². The number of rotatable bonds is 3. The van der Waals surface area contributed by atoms with Gasteiger partial charge in [-0.05, 0) is 32.4 Å². The third-order valence-electron chi connectivity index (χ3n) is 2.84. The lowest BCUT2D eigenvalue weighted by atomic mass is 9.96. The minimum absolute atomic E-state index is 0.0838. The Kier molecular flexibility index (Phi) is 4.58. The van der Waals surface area contributed by atoms with Crippen molar-refractivity contribution in [1.29, 1.82) is 0 Å². The van der Waals surface area contributed by atoms with Gasteiger partial charge in [0.2, 0.25) is 10.0 Å². The van der Waals surface area contributed by atoms with E-state index >= 15 is 0 Å². The smallest absolute Gasteiger partial charge is 0.228 e. The van der Waals surface area contributed by atoms with E-state index in [1.54, 1.807) is 0 Å². The second-order valence-electron chi connectivity index (χ2n) is 4.89. The van der Waals surface area contributed by atoms with Gasteiger partial charge in [-0.1, -0.05) is 15.9 Å². The van der Waals surface area contributed by atoms with Gasteiger partial charge in [0, 0.05) is 10.0 Å². The van der Waals surface area contributed by atoms with E-state index in [1.807, 2.05) is 0 Å². The van der Waals surface area contributed by atoms with Crippen molar-refractivity contribution in [2.75, 3.05) is 0 Å². The number of nitrogens with two attached hydrogens (primary N) is 1. The first-order chi connectivity index (χ1) is 8.75. The molecular formula is C11H12BrF4NO2S. The van der Waals surface area contributed by atoms with E-state index in [1.165, 1.54) is 0 Å². The van der Waals surface area contributed by atoms with Crippen LogP contribution in [0, 0.1) is 5.82 Å². The first kappa shape index (κ1) is 17.4. The Balaban J connectivity index is 3.47. The van der Waals surface area contributed by atoms with Crippen LogP contribution in [0.1, 0.15) is 25.0 Å². The Morgan fingerprint density at radius 3 is 2.15 bits per heavy atom. The third kappa shape index (κ3) is 3.70. The van der Waals surface area contributed by atoms with Crippen LogP contribution in [0.4, 0.5) is 17.6 Å². The van der Waals surface area contributed by atoms with Crippen molar-refractivity contribution in [3.05, 3.63) is 33.5 Å². The number of halogens is 5. The highest BCUT2D eigenvalue weighted by Crippen LogP contribution is 2.37. The SMILES string of the molecule is CC(C)(Cc1c(F)cc(Br)cc1C(F)(F)F)S(N)(=O)=O. The Morgan fingerprint density at radius 2 is 1.75 bits per heavy atom. The zero-order valence-electron chi connectivity index (χ0n) is 10.6. The van der Waals surface area contributed by atoms with Crippen molar-refractivity contribution in [2.24, 2.45) is 5.14 Å². The van der Waals surface area contributed by atoms with Gasteiger partial charge in [-0.2, -0.15) is 13.2 Å². The summed E-state index contributed by atoms with van der Waals surface area (Å²) < 4.78 is 73.4. The Morgan fingerprint density at radius 1 is 1.25 bits per heavy atom. The average molecular weight is 378 g/mol. The number of alkyl halides is 3. The zero-order chi connectivity index (χ0) is 15.9. The van der Waals surface area contributed by atoms with Gasteiger partial charge in [0.15, 0.2) is 0 Å². The molecule has 0 aliphatic rings. The zero-order valence-corrected chi connectivity index (χ0v) is 13.0. The van der Waals surface area contributed by atoms with Gasteiger partial charge in [0.1, 0.15) is 5.82 Å². The lowest BCUT2D eigenvalue weighted by Gasteiger charge is -2.24. The monoisotopic (exact) mass is 377 g/mol. The van der Waals surface area contributed by atoms with Gasteiger partial charge in [-0.15, -0.1) is 0 Å². The van der Waals surface area contributed by atoms with E-state index < -0.39 is 44.3 Å². The number of hydrogen-bond donors (Lipinski definition) is 1. The summed E-state index contributed by atoms with van der Waals surface area (Å²) in [5.74, 6) is -1.14. The van der Waals surface area contributed by atoms with Crippen LogP contribution in [0.3, 0.4) is 0 Å². The van der Waals surface area contributed by atoms with Gasteiger partial charge in [-0.25, -0.2) is 17.9 Å². The van der Waals surface area contributed by atoms with Crippen LogP contribution < -0.4 is 5.14 Å². The van der Waals surface area contributed by atoms with Crippen LogP contribution >= 0.6 is 15.9 Å². The summed E-state index contributed by atoms with van der Waals surface area (Å²) in [5.41, 5.74) is -1.94. The summed E-state index contributed by atoms with van der Waals surface area (Å²) >= 11 is 2.78. The molecule has 0 spiro atoms. The molecule has 114 valence electrons. The number of benzene rings is 1. The fraction of sp³-hybridized carbons (Fsp3) is 0.455. The van der Waals surface area contributed by atoms with E-state index in [-0.39, 0.29) is 4.47 Å². The van der Waals surface area contributed by atoms with E-state index in [9.17, 15) is 26.0 Å². The van der Waals surface area contributed by atoms with Gasteiger partial charge in [-0.3, -0.25) is 0 Å². The lowest BCUT2D eigenvalue weighted by Crippen LogP contribution is -2.40. The summed E-state index contributed by atoms with van der Waals surface area (Å²) in [6, 6.07) is 1.56. The van der Waals surface area contributed by atoms with Crippen LogP contribution in [0.25, 0.3) is 0 Å². The summed E-state index contributed by atoms with van der Waals surface area (Å²) in [6.45, 7) is 2.29. The van der Waals surface area contributed by atoms with E-state index in [0.29, 0.717) is 6.07 Å². The fourth-order valence-corrected chi connectivity index (χ4v) is 2.34. The molecule has 0 bridgehead atoms. The number of sulfonamides is 1.